The van der Waals surface area contributed by atoms with Crippen LogP contribution in [0.15, 0.2) is 67.9 Å². The lowest BCUT2D eigenvalue weighted by Gasteiger charge is -2.25. The van der Waals surface area contributed by atoms with Crippen LogP contribution in [0.1, 0.15) is 37.3 Å². The number of nitrogens with one attached hydrogen (secondary N) is 1. The van der Waals surface area contributed by atoms with E-state index >= 15 is 0 Å². The number of sulfonamides is 1. The Morgan fingerprint density at radius 3 is 2.68 bits per heavy atom. The maximum atomic E-state index is 13.0. The second-order valence-electron chi connectivity index (χ2n) is 8.09. The molecule has 2 aromatic carbocycles. The molecule has 176 valence electrons. The van der Waals surface area contributed by atoms with Crippen molar-refractivity contribution in [2.24, 2.45) is 0 Å². The number of hydrogen-bond acceptors (Lipinski definition) is 8. The molecular weight excluding hydrogens is 474 g/mol. The summed E-state index contributed by atoms with van der Waals surface area (Å²) in [6, 6.07) is 13.7. The predicted molar refractivity (Wildman–Crippen MR) is 129 cm³/mol. The number of aromatic amines is 1. The number of fused-ring (bicyclic) bond motifs is 1. The van der Waals surface area contributed by atoms with E-state index in [1.807, 2.05) is 13.0 Å². The molecule has 1 saturated heterocycles. The number of thioether (sulfide) groups is 1. The van der Waals surface area contributed by atoms with Gasteiger partial charge in [-0.15, -0.1) is 10.2 Å². The number of aromatic nitrogens is 4. The molecule has 9 nitrogen and oxygen atoms in total. The molecule has 5 rings (SSSR count). The van der Waals surface area contributed by atoms with E-state index in [2.05, 4.69) is 20.2 Å². The fourth-order valence-corrected chi connectivity index (χ4v) is 6.23. The fourth-order valence-electron chi connectivity index (χ4n) is 3.92. The number of H-pyrrole nitrogens is 1. The molecule has 34 heavy (non-hydrogen) atoms. The van der Waals surface area contributed by atoms with E-state index in [1.165, 1.54) is 16.1 Å². The molecule has 0 spiro atoms. The van der Waals surface area contributed by atoms with Crippen LogP contribution in [0, 0.1) is 0 Å². The fraction of sp³-hybridized carbons (Fsp3) is 0.304. The van der Waals surface area contributed by atoms with Crippen LogP contribution < -0.4 is 5.56 Å². The number of hydrogen-bond donors (Lipinski definition) is 1. The highest BCUT2D eigenvalue weighted by molar-refractivity contribution is 7.99. The van der Waals surface area contributed by atoms with Gasteiger partial charge in [-0.1, -0.05) is 36.4 Å². The number of benzene rings is 2. The van der Waals surface area contributed by atoms with Crippen molar-refractivity contribution in [1.29, 1.82) is 0 Å². The predicted octanol–water partition coefficient (Wildman–Crippen LogP) is 4.00. The zero-order chi connectivity index (χ0) is 23.7. The molecule has 1 N–H and O–H groups in total. The molecule has 4 aromatic rings. The van der Waals surface area contributed by atoms with Crippen molar-refractivity contribution in [3.63, 3.8) is 0 Å². The van der Waals surface area contributed by atoms with Crippen LogP contribution in [0.5, 0.6) is 0 Å². The average Bonchev–Trinajstić information content (AvgIpc) is 3.33. The highest BCUT2D eigenvalue weighted by Crippen LogP contribution is 2.34. The van der Waals surface area contributed by atoms with E-state index in [0.29, 0.717) is 40.6 Å². The van der Waals surface area contributed by atoms with Gasteiger partial charge in [-0.3, -0.25) is 4.79 Å². The summed E-state index contributed by atoms with van der Waals surface area (Å²) < 4.78 is 33.4. The van der Waals surface area contributed by atoms with E-state index in [0.717, 1.165) is 19.3 Å². The second-order valence-corrected chi connectivity index (χ2v) is 11.3. The molecule has 1 aliphatic heterocycles. The maximum Gasteiger partial charge on any atom is 0.277 e. The molecule has 3 heterocycles. The topological polar surface area (TPSA) is 122 Å². The average molecular weight is 498 g/mol. The van der Waals surface area contributed by atoms with Gasteiger partial charge in [0.2, 0.25) is 15.9 Å². The molecule has 1 aliphatic rings. The van der Waals surface area contributed by atoms with Crippen LogP contribution >= 0.6 is 11.8 Å². The standard InChI is InChI=1S/C23H23N5O4S2/c1-15(20-24-19-11-4-3-10-18(19)21(29)25-20)33-23-27-26-22(32-23)16-8-7-9-17(14-16)34(30,31)28-12-5-2-6-13-28/h3-4,7-11,14-15H,2,5-6,12-13H2,1H3,(H,24,25,29). The second kappa shape index (κ2) is 9.32. The summed E-state index contributed by atoms with van der Waals surface area (Å²) in [5.74, 6) is 0.730. The monoisotopic (exact) mass is 497 g/mol. The summed E-state index contributed by atoms with van der Waals surface area (Å²) >= 11 is 1.26. The van der Waals surface area contributed by atoms with Gasteiger partial charge in [0.1, 0.15) is 5.82 Å². The third-order valence-corrected chi connectivity index (χ3v) is 8.57. The molecule has 11 heteroatoms. The summed E-state index contributed by atoms with van der Waals surface area (Å²) in [4.78, 5) is 19.9. The van der Waals surface area contributed by atoms with Crippen LogP contribution in [0.3, 0.4) is 0 Å². The van der Waals surface area contributed by atoms with E-state index in [9.17, 15) is 13.2 Å². The van der Waals surface area contributed by atoms with Gasteiger partial charge in [0.25, 0.3) is 10.8 Å². The quantitative estimate of drug-likeness (QED) is 0.397. The molecule has 1 unspecified atom stereocenters. The number of para-hydroxylation sites is 1. The molecule has 2 aromatic heterocycles. The molecule has 1 fully saturated rings. The van der Waals surface area contributed by atoms with Gasteiger partial charge >= 0.3 is 0 Å². The number of rotatable bonds is 6. The van der Waals surface area contributed by atoms with Crippen LogP contribution in [0.2, 0.25) is 0 Å². The van der Waals surface area contributed by atoms with Crippen molar-refractivity contribution in [3.05, 3.63) is 64.7 Å². The van der Waals surface area contributed by atoms with Gasteiger partial charge in [-0.2, -0.15) is 4.31 Å². The lowest BCUT2D eigenvalue weighted by Crippen LogP contribution is -2.35. The molecule has 0 amide bonds. The first-order valence-corrected chi connectivity index (χ1v) is 13.3. The van der Waals surface area contributed by atoms with Crippen LogP contribution in [0.4, 0.5) is 0 Å². The Kier molecular flexibility index (Phi) is 6.24. The normalized spacial score (nSPS) is 16.0. The van der Waals surface area contributed by atoms with E-state index in [1.54, 1.807) is 42.5 Å². The summed E-state index contributed by atoms with van der Waals surface area (Å²) in [5.41, 5.74) is 0.944. The largest absolute Gasteiger partial charge is 0.411 e. The Morgan fingerprint density at radius 2 is 1.85 bits per heavy atom. The zero-order valence-corrected chi connectivity index (χ0v) is 20.1. The van der Waals surface area contributed by atoms with Gasteiger partial charge in [-0.05, 0) is 50.1 Å². The number of piperidine rings is 1. The van der Waals surface area contributed by atoms with Gasteiger partial charge in [0.15, 0.2) is 0 Å². The summed E-state index contributed by atoms with van der Waals surface area (Å²) in [6.45, 7) is 2.96. The van der Waals surface area contributed by atoms with E-state index < -0.39 is 10.0 Å². The van der Waals surface area contributed by atoms with Crippen LogP contribution in [-0.2, 0) is 10.0 Å². The number of nitrogens with zero attached hydrogens (tertiary/aromatic N) is 4. The van der Waals surface area contributed by atoms with Gasteiger partial charge in [0.05, 0.1) is 21.0 Å². The molecule has 0 aliphatic carbocycles. The smallest absolute Gasteiger partial charge is 0.277 e. The highest BCUT2D eigenvalue weighted by atomic mass is 32.2. The van der Waals surface area contributed by atoms with Gasteiger partial charge in [0, 0.05) is 18.7 Å². The minimum absolute atomic E-state index is 0.203. The third-order valence-electron chi connectivity index (χ3n) is 5.73. The van der Waals surface area contributed by atoms with E-state index in [-0.39, 0.29) is 21.6 Å². The van der Waals surface area contributed by atoms with Crippen molar-refractivity contribution < 1.29 is 12.8 Å². The molecule has 0 saturated carbocycles. The van der Waals surface area contributed by atoms with E-state index in [4.69, 9.17) is 4.42 Å². The Bertz CT molecular complexity index is 1490. The van der Waals surface area contributed by atoms with Crippen molar-refractivity contribution >= 4 is 32.7 Å². The Balaban J connectivity index is 1.36. The molecule has 0 bridgehead atoms. The third kappa shape index (κ3) is 4.50. The van der Waals surface area contributed by atoms with Gasteiger partial charge in [-0.25, -0.2) is 13.4 Å². The summed E-state index contributed by atoms with van der Waals surface area (Å²) in [6.07, 6.45) is 2.80. The lowest BCUT2D eigenvalue weighted by molar-refractivity contribution is 0.346. The Morgan fingerprint density at radius 1 is 1.06 bits per heavy atom. The first kappa shape index (κ1) is 22.8. The lowest BCUT2D eigenvalue weighted by atomic mass is 10.2. The van der Waals surface area contributed by atoms with Crippen molar-refractivity contribution in [1.82, 2.24) is 24.5 Å². The molecule has 0 radical (unpaired) electrons. The molecular formula is C23H23N5O4S2. The van der Waals surface area contributed by atoms with Crippen molar-refractivity contribution in [2.45, 2.75) is 41.6 Å². The van der Waals surface area contributed by atoms with Gasteiger partial charge < -0.3 is 9.40 Å². The Labute approximate surface area is 200 Å². The maximum absolute atomic E-state index is 13.0. The van der Waals surface area contributed by atoms with Crippen LogP contribution in [0.25, 0.3) is 22.4 Å². The summed E-state index contributed by atoms with van der Waals surface area (Å²) in [7, 11) is -3.57. The minimum Gasteiger partial charge on any atom is -0.411 e. The van der Waals surface area contributed by atoms with Crippen molar-refractivity contribution in [3.8, 4) is 11.5 Å². The zero-order valence-electron chi connectivity index (χ0n) is 18.5. The molecule has 1 atom stereocenters. The van der Waals surface area contributed by atoms with Crippen molar-refractivity contribution in [2.75, 3.05) is 13.1 Å². The highest BCUT2D eigenvalue weighted by Gasteiger charge is 2.26. The first-order valence-electron chi connectivity index (χ1n) is 11.0. The summed E-state index contributed by atoms with van der Waals surface area (Å²) in [5, 5.41) is 8.76. The Hall–Kier alpha value is -3.02. The van der Waals surface area contributed by atoms with Crippen LogP contribution in [-0.4, -0.2) is 46.0 Å². The SMILES string of the molecule is CC(Sc1nnc(-c2cccc(S(=O)(=O)N3CCCCC3)c2)o1)c1nc2ccccc2c(=O)[nH]1. The minimum atomic E-state index is -3.57. The first-order chi connectivity index (χ1) is 16.4.